The highest BCUT2D eigenvalue weighted by Crippen LogP contribution is 2.48. The van der Waals surface area contributed by atoms with Crippen LogP contribution >= 0.6 is 23.5 Å². The van der Waals surface area contributed by atoms with Crippen molar-refractivity contribution in [2.75, 3.05) is 33.2 Å². The molecule has 0 aromatic heterocycles. The molecule has 1 aromatic carbocycles. The molecule has 0 aliphatic heterocycles. The van der Waals surface area contributed by atoms with E-state index >= 15 is 0 Å². The van der Waals surface area contributed by atoms with E-state index < -0.39 is 25.6 Å². The molecule has 0 unspecified atom stereocenters. The van der Waals surface area contributed by atoms with Gasteiger partial charge in [-0.25, -0.2) is 9.59 Å². The number of amides is 2. The van der Waals surface area contributed by atoms with E-state index in [0.717, 1.165) is 10.0 Å². The number of esters is 1. The summed E-state index contributed by atoms with van der Waals surface area (Å²) in [4.78, 5) is 26.5. The molecular weight excluding hydrogens is 463 g/mol. The first kappa shape index (κ1) is 25.6. The number of ether oxygens (including phenoxy) is 1. The zero-order chi connectivity index (χ0) is 21.9. The number of hydrogen-bond acceptors (Lipinski definition) is 6. The fourth-order valence-corrected chi connectivity index (χ4v) is 4.86. The number of nitrogens with one attached hydrogen (secondary N) is 1. The smallest absolute Gasteiger partial charge is 0.349 e. The molecule has 29 heavy (non-hydrogen) atoms. The molecule has 0 saturated carbocycles. The normalized spacial score (nSPS) is 12.3. The van der Waals surface area contributed by atoms with Gasteiger partial charge in [-0.1, -0.05) is 35.0 Å². The predicted octanol–water partition coefficient (Wildman–Crippen LogP) is 4.18. The standard InChI is InChI=1S/C19H30BrN2O6P/c1-5-11-22(14-29(25,27-6-2)28-7-3)19(24)21-17(18(23)26-4)13-15-9-8-10-16(20)12-15/h8-10,12,17H,5-7,11,13-14H2,1-4H3,(H,21,24)/t17-/m0/s1. The van der Waals surface area contributed by atoms with Crippen LogP contribution in [0.25, 0.3) is 0 Å². The fourth-order valence-electron chi connectivity index (χ4n) is 2.70. The number of carbonyl (C=O) groups is 2. The van der Waals surface area contributed by atoms with Gasteiger partial charge < -0.3 is 24.0 Å². The monoisotopic (exact) mass is 492 g/mol. The van der Waals surface area contributed by atoms with Crippen LogP contribution in [0.5, 0.6) is 0 Å². The van der Waals surface area contributed by atoms with Crippen molar-refractivity contribution in [3.8, 4) is 0 Å². The lowest BCUT2D eigenvalue weighted by atomic mass is 10.1. The lowest BCUT2D eigenvalue weighted by Crippen LogP contribution is -2.49. The van der Waals surface area contributed by atoms with Crippen LogP contribution in [0, 0.1) is 0 Å². The molecule has 0 heterocycles. The zero-order valence-corrected chi connectivity index (χ0v) is 19.8. The van der Waals surface area contributed by atoms with Gasteiger partial charge in [0.2, 0.25) is 0 Å². The maximum atomic E-state index is 12.9. The summed E-state index contributed by atoms with van der Waals surface area (Å²) in [6, 6.07) is 6.02. The van der Waals surface area contributed by atoms with Crippen LogP contribution in [0.1, 0.15) is 32.8 Å². The van der Waals surface area contributed by atoms with E-state index in [4.69, 9.17) is 13.8 Å². The first-order valence-electron chi connectivity index (χ1n) is 9.54. The van der Waals surface area contributed by atoms with Gasteiger partial charge in [-0.2, -0.15) is 0 Å². The van der Waals surface area contributed by atoms with Crippen molar-refractivity contribution >= 4 is 35.5 Å². The molecule has 0 aliphatic carbocycles. The quantitative estimate of drug-likeness (QED) is 0.347. The molecule has 1 rings (SSSR count). The van der Waals surface area contributed by atoms with Crippen LogP contribution in [0.2, 0.25) is 0 Å². The van der Waals surface area contributed by atoms with E-state index in [2.05, 4.69) is 21.2 Å². The van der Waals surface area contributed by atoms with Gasteiger partial charge in [0.05, 0.1) is 20.3 Å². The lowest BCUT2D eigenvalue weighted by molar-refractivity contribution is -0.142. The van der Waals surface area contributed by atoms with Crippen LogP contribution < -0.4 is 5.32 Å². The number of nitrogens with zero attached hydrogens (tertiary/aromatic N) is 1. The second kappa shape index (κ2) is 13.0. The Labute approximate surface area is 180 Å². The number of urea groups is 1. The molecule has 0 radical (unpaired) electrons. The number of methoxy groups -OCH3 is 1. The summed E-state index contributed by atoms with van der Waals surface area (Å²) >= 11 is 3.39. The zero-order valence-electron chi connectivity index (χ0n) is 17.4. The molecule has 0 spiro atoms. The molecule has 1 N–H and O–H groups in total. The van der Waals surface area contributed by atoms with Crippen molar-refractivity contribution in [1.82, 2.24) is 10.2 Å². The minimum atomic E-state index is -3.46. The summed E-state index contributed by atoms with van der Waals surface area (Å²) in [6.07, 6.45) is 0.700. The molecule has 0 fully saturated rings. The number of halogens is 1. The van der Waals surface area contributed by atoms with Crippen LogP contribution in [0.15, 0.2) is 28.7 Å². The van der Waals surface area contributed by atoms with Crippen molar-refractivity contribution in [3.05, 3.63) is 34.3 Å². The third-order valence-electron chi connectivity index (χ3n) is 3.89. The summed E-state index contributed by atoms with van der Waals surface area (Å²) in [7, 11) is -2.20. The Bertz CT molecular complexity index is 708. The van der Waals surface area contributed by atoms with Crippen LogP contribution in [-0.4, -0.2) is 56.1 Å². The van der Waals surface area contributed by atoms with E-state index in [1.54, 1.807) is 13.8 Å². The largest absolute Gasteiger partial charge is 0.467 e. The van der Waals surface area contributed by atoms with E-state index in [-0.39, 0.29) is 25.9 Å². The van der Waals surface area contributed by atoms with Crippen LogP contribution in [0.4, 0.5) is 4.79 Å². The average molecular weight is 493 g/mol. The number of benzene rings is 1. The molecule has 1 atom stereocenters. The lowest BCUT2D eigenvalue weighted by Gasteiger charge is -2.28. The first-order valence-corrected chi connectivity index (χ1v) is 12.1. The molecule has 164 valence electrons. The van der Waals surface area contributed by atoms with Gasteiger partial charge >= 0.3 is 19.6 Å². The first-order chi connectivity index (χ1) is 13.8. The third-order valence-corrected chi connectivity index (χ3v) is 6.37. The number of rotatable bonds is 12. The Morgan fingerprint density at radius 1 is 1.21 bits per heavy atom. The maximum absolute atomic E-state index is 12.9. The molecule has 0 bridgehead atoms. The van der Waals surface area contributed by atoms with Crippen LogP contribution in [-0.2, 0) is 29.6 Å². The van der Waals surface area contributed by atoms with Gasteiger partial charge in [0.15, 0.2) is 0 Å². The summed E-state index contributed by atoms with van der Waals surface area (Å²) in [5.74, 6) is -0.562. The minimum Gasteiger partial charge on any atom is -0.467 e. The number of carbonyl (C=O) groups excluding carboxylic acids is 2. The van der Waals surface area contributed by atoms with Gasteiger partial charge in [-0.3, -0.25) is 4.57 Å². The van der Waals surface area contributed by atoms with E-state index in [1.807, 2.05) is 31.2 Å². The predicted molar refractivity (Wildman–Crippen MR) is 115 cm³/mol. The van der Waals surface area contributed by atoms with Gasteiger partial charge in [-0.15, -0.1) is 0 Å². The van der Waals surface area contributed by atoms with Gasteiger partial charge in [0.1, 0.15) is 12.3 Å². The fraction of sp³-hybridized carbons (Fsp3) is 0.579. The van der Waals surface area contributed by atoms with Crippen molar-refractivity contribution in [2.24, 2.45) is 0 Å². The Hall–Kier alpha value is -1.41. The van der Waals surface area contributed by atoms with Crippen molar-refractivity contribution in [1.29, 1.82) is 0 Å². The summed E-state index contributed by atoms with van der Waals surface area (Å²) in [5, 5.41) is 2.69. The number of hydrogen-bond donors (Lipinski definition) is 1. The molecule has 8 nitrogen and oxygen atoms in total. The highest BCUT2D eigenvalue weighted by molar-refractivity contribution is 9.10. The highest BCUT2D eigenvalue weighted by atomic mass is 79.9. The molecule has 1 aromatic rings. The highest BCUT2D eigenvalue weighted by Gasteiger charge is 2.31. The summed E-state index contributed by atoms with van der Waals surface area (Å²) in [5.41, 5.74) is 0.853. The van der Waals surface area contributed by atoms with Crippen molar-refractivity contribution in [2.45, 2.75) is 39.7 Å². The SMILES string of the molecule is CCCN(CP(=O)(OCC)OCC)C(=O)N[C@@H](Cc1cccc(Br)c1)C(=O)OC. The van der Waals surface area contributed by atoms with Gasteiger partial charge in [0, 0.05) is 17.4 Å². The Balaban J connectivity index is 2.97. The second-order valence-corrected chi connectivity index (χ2v) is 9.15. The van der Waals surface area contributed by atoms with Crippen LogP contribution in [0.3, 0.4) is 0 Å². The molecule has 0 aliphatic rings. The van der Waals surface area contributed by atoms with Crippen molar-refractivity contribution < 1.29 is 27.9 Å². The Morgan fingerprint density at radius 2 is 1.86 bits per heavy atom. The molecule has 0 saturated heterocycles. The van der Waals surface area contributed by atoms with E-state index in [1.165, 1.54) is 12.0 Å². The Morgan fingerprint density at radius 3 is 2.38 bits per heavy atom. The summed E-state index contributed by atoms with van der Waals surface area (Å²) < 4.78 is 29.1. The topological polar surface area (TPSA) is 94.2 Å². The van der Waals surface area contributed by atoms with E-state index in [0.29, 0.717) is 13.0 Å². The Kier molecular flexibility index (Phi) is 11.5. The summed E-state index contributed by atoms with van der Waals surface area (Å²) in [6.45, 7) is 6.05. The molecule has 10 heteroatoms. The molecule has 2 amide bonds. The minimum absolute atomic E-state index is 0.195. The van der Waals surface area contributed by atoms with Crippen molar-refractivity contribution in [3.63, 3.8) is 0 Å². The maximum Gasteiger partial charge on any atom is 0.349 e. The van der Waals surface area contributed by atoms with Gasteiger partial charge in [0.25, 0.3) is 0 Å². The second-order valence-electron chi connectivity index (χ2n) is 6.21. The molecular formula is C19H30BrN2O6P. The van der Waals surface area contributed by atoms with E-state index in [9.17, 15) is 14.2 Å². The average Bonchev–Trinajstić information content (AvgIpc) is 2.66. The van der Waals surface area contributed by atoms with Gasteiger partial charge in [-0.05, 0) is 38.0 Å². The third kappa shape index (κ3) is 8.86.